The molecule has 0 aliphatic carbocycles. The maximum atomic E-state index is 13.6. The number of thiocarbonyl (C=S) groups is 1. The molecule has 1 aromatic carbocycles. The van der Waals surface area contributed by atoms with E-state index in [1.807, 2.05) is 43.3 Å². The standard InChI is InChI=1S/C27H29N5O4S2/c1-18-4-3-10-31-24(18)29-23(28-9-11-30-12-14-36-15-13-30)21(25(31)33)16-22-26(34)32(27(37)38-22)17-19-5-7-20(35-2)8-6-19/h3-8,10,16,28H,9,11-15,17H2,1-2H3/b22-16-. The molecule has 0 spiro atoms. The number of morpholine rings is 1. The number of ether oxygens (including phenoxy) is 2. The summed E-state index contributed by atoms with van der Waals surface area (Å²) in [5, 5.41) is 3.35. The minimum Gasteiger partial charge on any atom is -0.497 e. The van der Waals surface area contributed by atoms with Crippen LogP contribution in [-0.4, -0.2) is 75.9 Å². The Kier molecular flexibility index (Phi) is 8.08. The Hall–Kier alpha value is -3.25. The van der Waals surface area contributed by atoms with Crippen molar-refractivity contribution in [2.24, 2.45) is 0 Å². The van der Waals surface area contributed by atoms with Gasteiger partial charge in [-0.05, 0) is 42.3 Å². The second kappa shape index (κ2) is 11.6. The van der Waals surface area contributed by atoms with Crippen molar-refractivity contribution in [1.82, 2.24) is 19.2 Å². The first-order valence-electron chi connectivity index (χ1n) is 12.4. The van der Waals surface area contributed by atoms with Crippen molar-refractivity contribution in [2.75, 3.05) is 51.8 Å². The summed E-state index contributed by atoms with van der Waals surface area (Å²) in [6, 6.07) is 11.2. The van der Waals surface area contributed by atoms with E-state index in [2.05, 4.69) is 10.2 Å². The monoisotopic (exact) mass is 551 g/mol. The Morgan fingerprint density at radius 1 is 1.18 bits per heavy atom. The smallest absolute Gasteiger partial charge is 0.267 e. The summed E-state index contributed by atoms with van der Waals surface area (Å²) < 4.78 is 12.6. The van der Waals surface area contributed by atoms with Crippen LogP contribution in [0.3, 0.4) is 0 Å². The molecule has 1 amide bonds. The third-order valence-corrected chi connectivity index (χ3v) is 7.94. The van der Waals surface area contributed by atoms with Gasteiger partial charge in [0.25, 0.3) is 11.5 Å². The van der Waals surface area contributed by atoms with Crippen LogP contribution in [0.15, 0.2) is 52.3 Å². The largest absolute Gasteiger partial charge is 0.497 e. The van der Waals surface area contributed by atoms with Crippen molar-refractivity contribution in [3.05, 3.63) is 74.5 Å². The normalized spacial score (nSPS) is 17.5. The van der Waals surface area contributed by atoms with Gasteiger partial charge >= 0.3 is 0 Å². The van der Waals surface area contributed by atoms with Crippen molar-refractivity contribution >= 4 is 51.7 Å². The number of anilines is 1. The van der Waals surface area contributed by atoms with Gasteiger partial charge in [-0.15, -0.1) is 0 Å². The van der Waals surface area contributed by atoms with Crippen molar-refractivity contribution in [3.8, 4) is 5.75 Å². The van der Waals surface area contributed by atoms with Crippen LogP contribution in [0.25, 0.3) is 11.7 Å². The average Bonchev–Trinajstić information content (AvgIpc) is 3.19. The first-order valence-corrected chi connectivity index (χ1v) is 13.6. The molecule has 198 valence electrons. The quantitative estimate of drug-likeness (QED) is 0.335. The van der Waals surface area contributed by atoms with Gasteiger partial charge in [0, 0.05) is 32.4 Å². The van der Waals surface area contributed by atoms with Crippen molar-refractivity contribution in [1.29, 1.82) is 0 Å². The van der Waals surface area contributed by atoms with Crippen LogP contribution in [-0.2, 0) is 16.1 Å². The van der Waals surface area contributed by atoms with Gasteiger partial charge in [-0.3, -0.25) is 23.8 Å². The van der Waals surface area contributed by atoms with E-state index < -0.39 is 0 Å². The minimum absolute atomic E-state index is 0.233. The number of carbonyl (C=O) groups is 1. The topological polar surface area (TPSA) is 88.4 Å². The van der Waals surface area contributed by atoms with E-state index >= 15 is 0 Å². The summed E-state index contributed by atoms with van der Waals surface area (Å²) in [4.78, 5) is 36.0. The number of pyridine rings is 1. The highest BCUT2D eigenvalue weighted by Gasteiger charge is 2.32. The number of nitrogens with zero attached hydrogens (tertiary/aromatic N) is 4. The Morgan fingerprint density at radius 3 is 2.68 bits per heavy atom. The van der Waals surface area contributed by atoms with Crippen LogP contribution in [0.5, 0.6) is 5.75 Å². The van der Waals surface area contributed by atoms with E-state index in [0.29, 0.717) is 39.3 Å². The molecule has 2 aromatic heterocycles. The number of methoxy groups -OCH3 is 1. The number of hydrogen-bond acceptors (Lipinski definition) is 9. The molecule has 5 rings (SSSR count). The molecule has 4 heterocycles. The first kappa shape index (κ1) is 26.4. The molecule has 3 aromatic rings. The third kappa shape index (κ3) is 5.60. The number of hydrogen-bond donors (Lipinski definition) is 1. The lowest BCUT2D eigenvalue weighted by Gasteiger charge is -2.26. The number of fused-ring (bicyclic) bond motifs is 1. The summed E-state index contributed by atoms with van der Waals surface area (Å²) in [5.41, 5.74) is 2.48. The van der Waals surface area contributed by atoms with E-state index in [9.17, 15) is 9.59 Å². The average molecular weight is 552 g/mol. The molecular formula is C27H29N5O4S2. The van der Waals surface area contributed by atoms with Crippen molar-refractivity contribution < 1.29 is 14.3 Å². The fourth-order valence-corrected chi connectivity index (χ4v) is 5.65. The van der Waals surface area contributed by atoms with Crippen molar-refractivity contribution in [2.45, 2.75) is 13.5 Å². The number of aryl methyl sites for hydroxylation is 1. The highest BCUT2D eigenvalue weighted by molar-refractivity contribution is 8.26. The molecule has 0 bridgehead atoms. The van der Waals surface area contributed by atoms with E-state index in [1.54, 1.807) is 24.3 Å². The zero-order valence-corrected chi connectivity index (χ0v) is 22.9. The molecule has 2 aliphatic heterocycles. The molecule has 2 fully saturated rings. The zero-order chi connectivity index (χ0) is 26.6. The summed E-state index contributed by atoms with van der Waals surface area (Å²) in [6.07, 6.45) is 3.32. The lowest BCUT2D eigenvalue weighted by atomic mass is 10.2. The highest BCUT2D eigenvalue weighted by atomic mass is 32.2. The SMILES string of the molecule is COc1ccc(CN2C(=O)/C(=C/c3c(NCCN4CCOCC4)nc4c(C)cccn4c3=O)SC2=S)cc1. The summed E-state index contributed by atoms with van der Waals surface area (Å²) in [6.45, 7) is 6.84. The molecular weight excluding hydrogens is 522 g/mol. The first-order chi connectivity index (χ1) is 18.4. The summed E-state index contributed by atoms with van der Waals surface area (Å²) >= 11 is 6.73. The van der Waals surface area contributed by atoms with Gasteiger partial charge in [0.2, 0.25) is 0 Å². The molecule has 9 nitrogen and oxygen atoms in total. The predicted octanol–water partition coefficient (Wildman–Crippen LogP) is 3.16. The fraction of sp³-hybridized carbons (Fsp3) is 0.333. The molecule has 2 saturated heterocycles. The van der Waals surface area contributed by atoms with Gasteiger partial charge in [-0.25, -0.2) is 4.98 Å². The predicted molar refractivity (Wildman–Crippen MR) is 154 cm³/mol. The van der Waals surface area contributed by atoms with E-state index in [-0.39, 0.29) is 11.5 Å². The fourth-order valence-electron chi connectivity index (χ4n) is 4.41. The third-order valence-electron chi connectivity index (χ3n) is 6.56. The van der Waals surface area contributed by atoms with Crippen LogP contribution in [0.2, 0.25) is 0 Å². The summed E-state index contributed by atoms with van der Waals surface area (Å²) in [5.74, 6) is 0.967. The second-order valence-corrected chi connectivity index (χ2v) is 10.7. The molecule has 1 N–H and O–H groups in total. The Labute approximate surface area is 230 Å². The lowest BCUT2D eigenvalue weighted by Crippen LogP contribution is -2.39. The number of rotatable bonds is 8. The molecule has 2 aliphatic rings. The van der Waals surface area contributed by atoms with Crippen molar-refractivity contribution in [3.63, 3.8) is 0 Å². The molecule has 0 unspecified atom stereocenters. The summed E-state index contributed by atoms with van der Waals surface area (Å²) in [7, 11) is 1.61. The number of aromatic nitrogens is 2. The van der Waals surface area contributed by atoms with Crippen LogP contribution < -0.4 is 15.6 Å². The van der Waals surface area contributed by atoms with Crippen LogP contribution >= 0.6 is 24.0 Å². The molecule has 0 saturated carbocycles. The second-order valence-electron chi connectivity index (χ2n) is 9.06. The molecule has 38 heavy (non-hydrogen) atoms. The number of amides is 1. The maximum Gasteiger partial charge on any atom is 0.267 e. The van der Waals surface area contributed by atoms with Gasteiger partial charge < -0.3 is 14.8 Å². The van der Waals surface area contributed by atoms with Gasteiger partial charge in [-0.2, -0.15) is 0 Å². The van der Waals surface area contributed by atoms with Gasteiger partial charge in [0.05, 0.1) is 37.3 Å². The minimum atomic E-state index is -0.243. The maximum absolute atomic E-state index is 13.6. The van der Waals surface area contributed by atoms with E-state index in [0.717, 1.165) is 49.7 Å². The Bertz CT molecular complexity index is 1450. The number of nitrogens with one attached hydrogen (secondary N) is 1. The number of carbonyl (C=O) groups excluding carboxylic acids is 1. The Morgan fingerprint density at radius 2 is 1.95 bits per heavy atom. The Balaban J connectivity index is 1.43. The highest BCUT2D eigenvalue weighted by Crippen LogP contribution is 2.34. The van der Waals surface area contributed by atoms with Gasteiger partial charge in [0.1, 0.15) is 21.5 Å². The van der Waals surface area contributed by atoms with Crippen LogP contribution in [0, 0.1) is 6.92 Å². The molecule has 11 heteroatoms. The zero-order valence-electron chi connectivity index (χ0n) is 21.3. The van der Waals surface area contributed by atoms with E-state index in [4.69, 9.17) is 26.7 Å². The lowest BCUT2D eigenvalue weighted by molar-refractivity contribution is -0.122. The molecule has 0 atom stereocenters. The van der Waals surface area contributed by atoms with Gasteiger partial charge in [0.15, 0.2) is 0 Å². The van der Waals surface area contributed by atoms with Gasteiger partial charge in [-0.1, -0.05) is 42.2 Å². The number of benzene rings is 1. The van der Waals surface area contributed by atoms with E-state index in [1.165, 1.54) is 16.2 Å². The van der Waals surface area contributed by atoms with Crippen LogP contribution in [0.4, 0.5) is 5.82 Å². The molecule has 0 radical (unpaired) electrons. The number of thioether (sulfide) groups is 1. The van der Waals surface area contributed by atoms with Crippen LogP contribution in [0.1, 0.15) is 16.7 Å².